The number of carbonyl (C=O) groups excluding carboxylic acids is 1. The van der Waals surface area contributed by atoms with Crippen LogP contribution in [-0.4, -0.2) is 21.9 Å². The van der Waals surface area contributed by atoms with E-state index in [-0.39, 0.29) is 26.9 Å². The molecule has 3 aromatic rings. The first-order valence-corrected chi connectivity index (χ1v) is 9.06. The van der Waals surface area contributed by atoms with Crippen LogP contribution in [0, 0.1) is 10.1 Å². The molecule has 0 aromatic heterocycles. The van der Waals surface area contributed by atoms with Crippen molar-refractivity contribution in [2.45, 2.75) is 0 Å². The highest BCUT2D eigenvalue weighted by atomic mass is 35.5. The van der Waals surface area contributed by atoms with E-state index in [1.807, 2.05) is 0 Å². The van der Waals surface area contributed by atoms with E-state index in [1.54, 1.807) is 24.3 Å². The second-order valence-electron chi connectivity index (χ2n) is 5.95. The third-order valence-electron chi connectivity index (χ3n) is 3.93. The standard InChI is InChI=1S/C20H12Cl2N2O6/c21-17-9-15(16(20(26)27)10-18(17)22)19(25)23-11-1-5-13(6-2-11)30-14-7-3-12(4-8-14)24(28)29/h1-10H,(H,23,25)(H,26,27). The van der Waals surface area contributed by atoms with E-state index < -0.39 is 16.8 Å². The zero-order valence-electron chi connectivity index (χ0n) is 15.0. The number of carboxylic acid groups (broad SMARTS) is 1. The van der Waals surface area contributed by atoms with Crippen LogP contribution in [0.5, 0.6) is 11.5 Å². The van der Waals surface area contributed by atoms with Gasteiger partial charge < -0.3 is 15.2 Å². The molecule has 0 aliphatic carbocycles. The largest absolute Gasteiger partial charge is 0.478 e. The molecule has 3 aromatic carbocycles. The summed E-state index contributed by atoms with van der Waals surface area (Å²) in [6, 6.07) is 14.1. The molecule has 0 aliphatic rings. The number of ether oxygens (including phenoxy) is 1. The number of aromatic carboxylic acids is 1. The molecular weight excluding hydrogens is 435 g/mol. The summed E-state index contributed by atoms with van der Waals surface area (Å²) < 4.78 is 5.59. The summed E-state index contributed by atoms with van der Waals surface area (Å²) in [5.41, 5.74) is -0.0787. The monoisotopic (exact) mass is 446 g/mol. The number of non-ortho nitro benzene ring substituents is 1. The summed E-state index contributed by atoms with van der Waals surface area (Å²) in [4.78, 5) is 34.1. The Kier molecular flexibility index (Phi) is 6.20. The molecule has 0 aliphatic heterocycles. The average molecular weight is 447 g/mol. The van der Waals surface area contributed by atoms with Gasteiger partial charge in [-0.15, -0.1) is 0 Å². The van der Waals surface area contributed by atoms with Crippen LogP contribution in [0.1, 0.15) is 20.7 Å². The lowest BCUT2D eigenvalue weighted by Crippen LogP contribution is -2.16. The second-order valence-corrected chi connectivity index (χ2v) is 6.76. The Morgan fingerprint density at radius 3 is 1.90 bits per heavy atom. The van der Waals surface area contributed by atoms with E-state index in [2.05, 4.69) is 5.32 Å². The summed E-state index contributed by atoms with van der Waals surface area (Å²) in [7, 11) is 0. The molecule has 0 heterocycles. The lowest BCUT2D eigenvalue weighted by molar-refractivity contribution is -0.384. The fraction of sp³-hybridized carbons (Fsp3) is 0. The van der Waals surface area contributed by atoms with Crippen molar-refractivity contribution in [1.82, 2.24) is 0 Å². The molecule has 0 bridgehead atoms. The van der Waals surface area contributed by atoms with Gasteiger partial charge in [-0.25, -0.2) is 4.79 Å². The number of carbonyl (C=O) groups is 2. The molecular formula is C20H12Cl2N2O6. The first-order valence-electron chi connectivity index (χ1n) is 8.30. The highest BCUT2D eigenvalue weighted by Gasteiger charge is 2.19. The third-order valence-corrected chi connectivity index (χ3v) is 4.65. The molecule has 0 spiro atoms. The van der Waals surface area contributed by atoms with E-state index in [9.17, 15) is 24.8 Å². The molecule has 1 amide bonds. The molecule has 0 saturated carbocycles. The van der Waals surface area contributed by atoms with E-state index in [0.29, 0.717) is 17.2 Å². The Hall–Kier alpha value is -3.62. The summed E-state index contributed by atoms with van der Waals surface area (Å²) in [5.74, 6) is -1.15. The maximum Gasteiger partial charge on any atom is 0.336 e. The summed E-state index contributed by atoms with van der Waals surface area (Å²) in [6.07, 6.45) is 0. The first kappa shape index (κ1) is 21.1. The number of amides is 1. The number of nitrogens with zero attached hydrogens (tertiary/aromatic N) is 1. The van der Waals surface area contributed by atoms with Crippen LogP contribution in [0.3, 0.4) is 0 Å². The Balaban J connectivity index is 1.73. The summed E-state index contributed by atoms with van der Waals surface area (Å²) in [6.45, 7) is 0. The fourth-order valence-electron chi connectivity index (χ4n) is 2.49. The molecule has 0 radical (unpaired) electrons. The molecule has 152 valence electrons. The number of benzene rings is 3. The van der Waals surface area contributed by atoms with Gasteiger partial charge >= 0.3 is 5.97 Å². The SMILES string of the molecule is O=C(O)c1cc(Cl)c(Cl)cc1C(=O)Nc1ccc(Oc2ccc([N+](=O)[O-])cc2)cc1. The number of carboxylic acids is 1. The predicted octanol–water partition coefficient (Wildman–Crippen LogP) is 5.64. The van der Waals surface area contributed by atoms with Crippen molar-refractivity contribution in [3.8, 4) is 11.5 Å². The normalized spacial score (nSPS) is 10.3. The van der Waals surface area contributed by atoms with Crippen molar-refractivity contribution in [1.29, 1.82) is 0 Å². The molecule has 0 saturated heterocycles. The van der Waals surface area contributed by atoms with E-state index in [1.165, 1.54) is 30.3 Å². The van der Waals surface area contributed by atoms with Gasteiger partial charge in [0.05, 0.1) is 26.1 Å². The molecule has 0 fully saturated rings. The van der Waals surface area contributed by atoms with Crippen LogP contribution < -0.4 is 10.1 Å². The van der Waals surface area contributed by atoms with Crippen LogP contribution >= 0.6 is 23.2 Å². The van der Waals surface area contributed by atoms with E-state index in [4.69, 9.17) is 27.9 Å². The van der Waals surface area contributed by atoms with E-state index in [0.717, 1.165) is 6.07 Å². The Morgan fingerprint density at radius 2 is 1.40 bits per heavy atom. The minimum atomic E-state index is -1.31. The van der Waals surface area contributed by atoms with Gasteiger partial charge in [-0.2, -0.15) is 0 Å². The van der Waals surface area contributed by atoms with Gasteiger partial charge in [-0.05, 0) is 48.5 Å². The minimum absolute atomic E-state index is 0.0263. The van der Waals surface area contributed by atoms with Crippen LogP contribution in [-0.2, 0) is 0 Å². The predicted molar refractivity (Wildman–Crippen MR) is 111 cm³/mol. The van der Waals surface area contributed by atoms with Crippen molar-refractivity contribution >= 4 is 46.5 Å². The van der Waals surface area contributed by atoms with Crippen molar-refractivity contribution in [2.75, 3.05) is 5.32 Å². The molecule has 30 heavy (non-hydrogen) atoms. The zero-order chi connectivity index (χ0) is 21.8. The lowest BCUT2D eigenvalue weighted by atomic mass is 10.1. The van der Waals surface area contributed by atoms with Gasteiger partial charge in [0.2, 0.25) is 0 Å². The smallest absolute Gasteiger partial charge is 0.336 e. The second kappa shape index (κ2) is 8.81. The number of nitro benzene ring substituents is 1. The average Bonchev–Trinajstić information content (AvgIpc) is 2.71. The van der Waals surface area contributed by atoms with Crippen molar-refractivity contribution < 1.29 is 24.4 Å². The molecule has 0 unspecified atom stereocenters. The Bertz CT molecular complexity index is 1130. The molecule has 0 atom stereocenters. The molecule has 3 rings (SSSR count). The van der Waals surface area contributed by atoms with Gasteiger partial charge in [0.1, 0.15) is 11.5 Å². The summed E-state index contributed by atoms with van der Waals surface area (Å²) >= 11 is 11.7. The van der Waals surface area contributed by atoms with Crippen molar-refractivity contribution in [2.24, 2.45) is 0 Å². The number of hydrogen-bond donors (Lipinski definition) is 2. The van der Waals surface area contributed by atoms with Gasteiger partial charge in [0.15, 0.2) is 0 Å². The molecule has 10 heteroatoms. The number of hydrogen-bond acceptors (Lipinski definition) is 5. The quantitative estimate of drug-likeness (QED) is 0.373. The van der Waals surface area contributed by atoms with Gasteiger partial charge in [0.25, 0.3) is 11.6 Å². The van der Waals surface area contributed by atoms with Gasteiger partial charge in [-0.1, -0.05) is 23.2 Å². The van der Waals surface area contributed by atoms with Crippen LogP contribution in [0.25, 0.3) is 0 Å². The molecule has 8 nitrogen and oxygen atoms in total. The number of halogens is 2. The summed E-state index contributed by atoms with van der Waals surface area (Å²) in [5, 5.41) is 22.6. The third kappa shape index (κ3) is 4.86. The van der Waals surface area contributed by atoms with Gasteiger partial charge in [-0.3, -0.25) is 14.9 Å². The maximum absolute atomic E-state index is 12.5. The highest BCUT2D eigenvalue weighted by Crippen LogP contribution is 2.28. The zero-order valence-corrected chi connectivity index (χ0v) is 16.5. The number of anilines is 1. The maximum atomic E-state index is 12.5. The van der Waals surface area contributed by atoms with Crippen LogP contribution in [0.4, 0.5) is 11.4 Å². The topological polar surface area (TPSA) is 119 Å². The minimum Gasteiger partial charge on any atom is -0.478 e. The molecule has 2 N–H and O–H groups in total. The first-order chi connectivity index (χ1) is 14.2. The number of nitro groups is 1. The van der Waals surface area contributed by atoms with Crippen LogP contribution in [0.2, 0.25) is 10.0 Å². The van der Waals surface area contributed by atoms with Crippen LogP contribution in [0.15, 0.2) is 60.7 Å². The fourth-order valence-corrected chi connectivity index (χ4v) is 2.82. The van der Waals surface area contributed by atoms with Crippen molar-refractivity contribution in [3.63, 3.8) is 0 Å². The number of rotatable bonds is 6. The Labute approximate surface area is 179 Å². The van der Waals surface area contributed by atoms with Crippen molar-refractivity contribution in [3.05, 3.63) is 92.0 Å². The van der Waals surface area contributed by atoms with E-state index >= 15 is 0 Å². The van der Waals surface area contributed by atoms with Gasteiger partial charge in [0, 0.05) is 17.8 Å². The lowest BCUT2D eigenvalue weighted by Gasteiger charge is -2.10. The number of nitrogens with one attached hydrogen (secondary N) is 1. The highest BCUT2D eigenvalue weighted by molar-refractivity contribution is 6.42. The Morgan fingerprint density at radius 1 is 0.900 bits per heavy atom.